The molecule has 0 N–H and O–H groups in total. The molecular weight excluding hydrogens is 260 g/mol. The van der Waals surface area contributed by atoms with Gasteiger partial charge in [0.25, 0.3) is 0 Å². The van der Waals surface area contributed by atoms with E-state index in [1.54, 1.807) is 0 Å². The Morgan fingerprint density at radius 3 is 2.24 bits per heavy atom. The normalized spacial score (nSPS) is 10.9. The number of rotatable bonds is 5. The molecule has 0 aliphatic carbocycles. The van der Waals surface area contributed by atoms with Gasteiger partial charge in [-0.15, -0.1) is 0 Å². The van der Waals surface area contributed by atoms with Gasteiger partial charge in [-0.3, -0.25) is 9.48 Å². The molecule has 0 aliphatic rings. The molecule has 3 heteroatoms. The quantitative estimate of drug-likeness (QED) is 0.843. The van der Waals surface area contributed by atoms with Crippen LogP contribution in [0.5, 0.6) is 0 Å². The minimum Gasteiger partial charge on any atom is -0.299 e. The van der Waals surface area contributed by atoms with Gasteiger partial charge in [-0.2, -0.15) is 5.10 Å². The standard InChI is InChI=1S/C18H24N2O/c1-12-8-13(2)10-16(9-12)11-17(21)6-7-18-14(3)19-20(5)15(18)4/h8-10H,6-7,11H2,1-5H3. The van der Waals surface area contributed by atoms with Crippen LogP contribution >= 0.6 is 0 Å². The third-order valence-electron chi connectivity index (χ3n) is 4.00. The van der Waals surface area contributed by atoms with Crippen molar-refractivity contribution < 1.29 is 4.79 Å². The van der Waals surface area contributed by atoms with Gasteiger partial charge < -0.3 is 0 Å². The van der Waals surface area contributed by atoms with E-state index in [0.29, 0.717) is 18.6 Å². The van der Waals surface area contributed by atoms with Crippen LogP contribution in [0.1, 0.15) is 40.1 Å². The van der Waals surface area contributed by atoms with Crippen molar-refractivity contribution in [2.24, 2.45) is 7.05 Å². The van der Waals surface area contributed by atoms with Crippen LogP contribution in [0.4, 0.5) is 0 Å². The van der Waals surface area contributed by atoms with E-state index < -0.39 is 0 Å². The number of benzene rings is 1. The zero-order chi connectivity index (χ0) is 15.6. The van der Waals surface area contributed by atoms with Crippen LogP contribution < -0.4 is 0 Å². The van der Waals surface area contributed by atoms with Gasteiger partial charge in [0.2, 0.25) is 0 Å². The van der Waals surface area contributed by atoms with Gasteiger partial charge in [-0.1, -0.05) is 29.3 Å². The minimum absolute atomic E-state index is 0.294. The van der Waals surface area contributed by atoms with Gasteiger partial charge in [0, 0.05) is 25.6 Å². The highest BCUT2D eigenvalue weighted by Gasteiger charge is 2.12. The molecule has 1 heterocycles. The maximum absolute atomic E-state index is 12.2. The fourth-order valence-electron chi connectivity index (χ4n) is 2.93. The summed E-state index contributed by atoms with van der Waals surface area (Å²) in [6.45, 7) is 8.22. The van der Waals surface area contributed by atoms with E-state index in [1.165, 1.54) is 16.7 Å². The topological polar surface area (TPSA) is 34.9 Å². The molecule has 0 bridgehead atoms. The molecule has 2 rings (SSSR count). The molecule has 0 atom stereocenters. The number of nitrogens with zero attached hydrogens (tertiary/aromatic N) is 2. The summed E-state index contributed by atoms with van der Waals surface area (Å²) in [4.78, 5) is 12.2. The molecule has 0 saturated carbocycles. The number of carbonyl (C=O) groups excluding carboxylic acids is 1. The molecule has 0 aliphatic heterocycles. The summed E-state index contributed by atoms with van der Waals surface area (Å²) in [6, 6.07) is 6.34. The monoisotopic (exact) mass is 284 g/mol. The smallest absolute Gasteiger partial charge is 0.137 e. The predicted molar refractivity (Wildman–Crippen MR) is 85.6 cm³/mol. The lowest BCUT2D eigenvalue weighted by molar-refractivity contribution is -0.118. The van der Waals surface area contributed by atoms with Gasteiger partial charge in [-0.05, 0) is 45.2 Å². The van der Waals surface area contributed by atoms with Gasteiger partial charge >= 0.3 is 0 Å². The maximum atomic E-state index is 12.2. The molecule has 1 aromatic heterocycles. The van der Waals surface area contributed by atoms with Crippen molar-refractivity contribution in [3.63, 3.8) is 0 Å². The zero-order valence-electron chi connectivity index (χ0n) is 13.7. The van der Waals surface area contributed by atoms with Crippen molar-refractivity contribution in [2.75, 3.05) is 0 Å². The van der Waals surface area contributed by atoms with Crippen LogP contribution in [0.15, 0.2) is 18.2 Å². The van der Waals surface area contributed by atoms with Crippen molar-refractivity contribution >= 4 is 5.78 Å². The maximum Gasteiger partial charge on any atom is 0.137 e. The molecule has 0 radical (unpaired) electrons. The summed E-state index contributed by atoms with van der Waals surface area (Å²) in [5, 5.41) is 4.40. The molecule has 112 valence electrons. The average molecular weight is 284 g/mol. The van der Waals surface area contributed by atoms with E-state index in [1.807, 2.05) is 18.7 Å². The number of hydrogen-bond donors (Lipinski definition) is 0. The van der Waals surface area contributed by atoms with Gasteiger partial charge in [0.05, 0.1) is 5.69 Å². The lowest BCUT2D eigenvalue weighted by Crippen LogP contribution is -2.06. The largest absolute Gasteiger partial charge is 0.299 e. The highest BCUT2D eigenvalue weighted by atomic mass is 16.1. The molecule has 21 heavy (non-hydrogen) atoms. The first-order chi connectivity index (χ1) is 9.86. The first-order valence-corrected chi connectivity index (χ1v) is 7.44. The lowest BCUT2D eigenvalue weighted by Gasteiger charge is -2.05. The van der Waals surface area contributed by atoms with Crippen molar-refractivity contribution in [2.45, 2.75) is 47.0 Å². The Hall–Kier alpha value is -1.90. The van der Waals surface area contributed by atoms with Crippen LogP contribution in [0.2, 0.25) is 0 Å². The minimum atomic E-state index is 0.294. The SMILES string of the molecule is Cc1cc(C)cc(CC(=O)CCc2c(C)nn(C)c2C)c1. The molecule has 0 saturated heterocycles. The highest BCUT2D eigenvalue weighted by Crippen LogP contribution is 2.16. The van der Waals surface area contributed by atoms with Crippen LogP contribution in [0, 0.1) is 27.7 Å². The molecule has 0 fully saturated rings. The molecular formula is C18H24N2O. The van der Waals surface area contributed by atoms with Gasteiger partial charge in [-0.25, -0.2) is 0 Å². The van der Waals surface area contributed by atoms with E-state index in [0.717, 1.165) is 23.4 Å². The Balaban J connectivity index is 1.99. The fraction of sp³-hybridized carbons (Fsp3) is 0.444. The van der Waals surface area contributed by atoms with E-state index in [2.05, 4.69) is 44.1 Å². The van der Waals surface area contributed by atoms with Crippen molar-refractivity contribution in [3.05, 3.63) is 51.8 Å². The van der Waals surface area contributed by atoms with Crippen LogP contribution in [0.25, 0.3) is 0 Å². The van der Waals surface area contributed by atoms with Crippen LogP contribution in [-0.2, 0) is 24.7 Å². The fourth-order valence-corrected chi connectivity index (χ4v) is 2.93. The Bertz CT molecular complexity index is 648. The van der Waals surface area contributed by atoms with E-state index in [4.69, 9.17) is 0 Å². The summed E-state index contributed by atoms with van der Waals surface area (Å²) in [5.74, 6) is 0.294. The number of aryl methyl sites for hydroxylation is 4. The van der Waals surface area contributed by atoms with Gasteiger partial charge in [0.1, 0.15) is 5.78 Å². The van der Waals surface area contributed by atoms with Gasteiger partial charge in [0.15, 0.2) is 0 Å². The van der Waals surface area contributed by atoms with Crippen molar-refractivity contribution in [1.82, 2.24) is 9.78 Å². The molecule has 2 aromatic rings. The Morgan fingerprint density at radius 1 is 1.10 bits per heavy atom. The van der Waals surface area contributed by atoms with E-state index in [-0.39, 0.29) is 0 Å². The van der Waals surface area contributed by atoms with E-state index in [9.17, 15) is 4.79 Å². The second-order valence-electron chi connectivity index (χ2n) is 5.98. The average Bonchev–Trinajstić information content (AvgIpc) is 2.60. The predicted octanol–water partition coefficient (Wildman–Crippen LogP) is 3.40. The first-order valence-electron chi connectivity index (χ1n) is 7.44. The second kappa shape index (κ2) is 6.25. The Labute approximate surface area is 127 Å². The van der Waals surface area contributed by atoms with Crippen molar-refractivity contribution in [1.29, 1.82) is 0 Å². The molecule has 0 unspecified atom stereocenters. The molecule has 3 nitrogen and oxygen atoms in total. The second-order valence-corrected chi connectivity index (χ2v) is 5.98. The molecule has 1 aromatic carbocycles. The number of Topliss-reactive ketones (excluding diaryl/α,β-unsaturated/α-hetero) is 1. The third-order valence-corrected chi connectivity index (χ3v) is 4.00. The van der Waals surface area contributed by atoms with E-state index >= 15 is 0 Å². The highest BCUT2D eigenvalue weighted by molar-refractivity contribution is 5.81. The number of aromatic nitrogens is 2. The van der Waals surface area contributed by atoms with Crippen molar-refractivity contribution in [3.8, 4) is 0 Å². The summed E-state index contributed by atoms with van der Waals surface area (Å²) >= 11 is 0. The molecule has 0 spiro atoms. The third kappa shape index (κ3) is 3.81. The lowest BCUT2D eigenvalue weighted by atomic mass is 9.99. The Kier molecular flexibility index (Phi) is 4.61. The first kappa shape index (κ1) is 15.5. The zero-order valence-corrected chi connectivity index (χ0v) is 13.7. The van der Waals surface area contributed by atoms with Crippen LogP contribution in [-0.4, -0.2) is 15.6 Å². The molecule has 0 amide bonds. The number of carbonyl (C=O) groups is 1. The summed E-state index contributed by atoms with van der Waals surface area (Å²) in [5.41, 5.74) is 6.97. The summed E-state index contributed by atoms with van der Waals surface area (Å²) in [7, 11) is 1.95. The summed E-state index contributed by atoms with van der Waals surface area (Å²) in [6.07, 6.45) is 1.90. The number of ketones is 1. The summed E-state index contributed by atoms with van der Waals surface area (Å²) < 4.78 is 1.89. The van der Waals surface area contributed by atoms with Crippen LogP contribution in [0.3, 0.4) is 0 Å². The Morgan fingerprint density at radius 2 is 1.71 bits per heavy atom. The number of hydrogen-bond acceptors (Lipinski definition) is 2.